The molecule has 9 heteroatoms. The molecule has 8 nitrogen and oxygen atoms in total. The van der Waals surface area contributed by atoms with E-state index in [9.17, 15) is 13.2 Å². The molecule has 3 aliphatic rings. The Bertz CT molecular complexity index is 892. The van der Waals surface area contributed by atoms with Crippen molar-refractivity contribution in [1.82, 2.24) is 14.5 Å². The van der Waals surface area contributed by atoms with Crippen LogP contribution in [0.2, 0.25) is 0 Å². The van der Waals surface area contributed by atoms with Crippen LogP contribution in [0.3, 0.4) is 0 Å². The van der Waals surface area contributed by atoms with Crippen LogP contribution in [0.1, 0.15) is 38.2 Å². The normalized spacial score (nSPS) is 25.7. The first-order valence-electron chi connectivity index (χ1n) is 11.2. The lowest BCUT2D eigenvalue weighted by molar-refractivity contribution is -0.128. The fourth-order valence-corrected chi connectivity index (χ4v) is 5.98. The molecule has 1 aromatic rings. The van der Waals surface area contributed by atoms with Crippen LogP contribution >= 0.6 is 0 Å². The van der Waals surface area contributed by atoms with E-state index < -0.39 is 16.1 Å². The first-order chi connectivity index (χ1) is 14.9. The Labute approximate surface area is 184 Å². The Morgan fingerprint density at radius 1 is 1.13 bits per heavy atom. The first kappa shape index (κ1) is 22.5. The van der Waals surface area contributed by atoms with E-state index in [1.54, 1.807) is 22.5 Å². The van der Waals surface area contributed by atoms with Crippen molar-refractivity contribution in [1.29, 1.82) is 0 Å². The maximum Gasteiger partial charge on any atom is 0.261 e. The number of piperidine rings is 1. The Morgan fingerprint density at radius 2 is 1.84 bits per heavy atom. The van der Waals surface area contributed by atoms with Gasteiger partial charge in [-0.15, -0.1) is 0 Å². The Kier molecular flexibility index (Phi) is 6.86. The third-order valence-corrected chi connectivity index (χ3v) is 8.54. The lowest BCUT2D eigenvalue weighted by atomic mass is 9.97. The van der Waals surface area contributed by atoms with Crippen molar-refractivity contribution in [3.8, 4) is 5.75 Å². The lowest BCUT2D eigenvalue weighted by Crippen LogP contribution is -2.44. The molecule has 0 aliphatic carbocycles. The smallest absolute Gasteiger partial charge is 0.261 e. The molecule has 2 unspecified atom stereocenters. The van der Waals surface area contributed by atoms with Crippen molar-refractivity contribution in [2.45, 2.75) is 43.6 Å². The van der Waals surface area contributed by atoms with E-state index in [1.165, 1.54) is 0 Å². The third-order valence-electron chi connectivity index (χ3n) is 6.65. The highest BCUT2D eigenvalue weighted by Gasteiger charge is 2.38. The molecule has 2 fully saturated rings. The second-order valence-electron chi connectivity index (χ2n) is 8.86. The number of benzene rings is 1. The van der Waals surface area contributed by atoms with Crippen molar-refractivity contribution in [3.63, 3.8) is 0 Å². The molecule has 172 valence electrons. The van der Waals surface area contributed by atoms with Crippen LogP contribution in [0.5, 0.6) is 5.75 Å². The molecule has 1 aromatic carbocycles. The monoisotopic (exact) mass is 451 g/mol. The summed E-state index contributed by atoms with van der Waals surface area (Å²) in [6, 6.07) is 4.97. The van der Waals surface area contributed by atoms with Crippen LogP contribution in [-0.2, 0) is 19.6 Å². The summed E-state index contributed by atoms with van der Waals surface area (Å²) < 4.78 is 39.0. The molecule has 0 bridgehead atoms. The van der Waals surface area contributed by atoms with Crippen molar-refractivity contribution < 1.29 is 22.7 Å². The number of nitrogens with zero attached hydrogens (tertiary/aromatic N) is 2. The largest absolute Gasteiger partial charge is 0.480 e. The van der Waals surface area contributed by atoms with Gasteiger partial charge in [-0.2, -0.15) is 4.31 Å². The van der Waals surface area contributed by atoms with E-state index in [0.29, 0.717) is 31.3 Å². The van der Waals surface area contributed by atoms with E-state index in [2.05, 4.69) is 17.1 Å². The number of carbonyl (C=O) groups excluding carboxylic acids is 1. The predicted molar refractivity (Wildman–Crippen MR) is 117 cm³/mol. The highest BCUT2D eigenvalue weighted by atomic mass is 32.2. The third kappa shape index (κ3) is 4.89. The summed E-state index contributed by atoms with van der Waals surface area (Å²) in [5.74, 6) is 0.774. The summed E-state index contributed by atoms with van der Waals surface area (Å²) in [7, 11) is -3.53. The van der Waals surface area contributed by atoms with Gasteiger partial charge in [0.15, 0.2) is 6.10 Å². The molecule has 1 N–H and O–H groups in total. The molecule has 31 heavy (non-hydrogen) atoms. The zero-order valence-corrected chi connectivity index (χ0v) is 19.2. The van der Waals surface area contributed by atoms with Crippen molar-refractivity contribution >= 4 is 15.9 Å². The van der Waals surface area contributed by atoms with Gasteiger partial charge in [0.25, 0.3) is 5.91 Å². The summed E-state index contributed by atoms with van der Waals surface area (Å²) >= 11 is 0. The van der Waals surface area contributed by atoms with Crippen LogP contribution in [0, 0.1) is 5.92 Å². The molecule has 1 amide bonds. The standard InChI is InChI=1S/C22H33N3O5S/c1-16-5-8-25(9-6-16)31(27,28)18-3-4-20-19(15-18)17(2)21(30-20)22(26)23-7-10-24-11-13-29-14-12-24/h3-4,15-17,21H,5-14H2,1-2H3,(H,23,26). The molecule has 0 saturated carbocycles. The number of fused-ring (bicyclic) bond motifs is 1. The van der Waals surface area contributed by atoms with Crippen LogP contribution in [0.25, 0.3) is 0 Å². The SMILES string of the molecule is CC1CCN(S(=O)(=O)c2ccc3c(c2)C(C)C(C(=O)NCCN2CCOCC2)O3)CC1. The number of hydrogen-bond acceptors (Lipinski definition) is 6. The highest BCUT2D eigenvalue weighted by molar-refractivity contribution is 7.89. The van der Waals surface area contributed by atoms with Crippen molar-refractivity contribution in [3.05, 3.63) is 23.8 Å². The average Bonchev–Trinajstić information content (AvgIpc) is 3.11. The molecule has 3 heterocycles. The molecule has 0 aromatic heterocycles. The molecule has 2 atom stereocenters. The van der Waals surface area contributed by atoms with E-state index in [-0.39, 0.29) is 16.7 Å². The zero-order valence-electron chi connectivity index (χ0n) is 18.4. The van der Waals surface area contributed by atoms with Gasteiger partial charge in [0.05, 0.1) is 18.1 Å². The Hall–Kier alpha value is -1.68. The second-order valence-corrected chi connectivity index (χ2v) is 10.8. The number of sulfonamides is 1. The molecule has 0 spiro atoms. The molecular formula is C22H33N3O5S. The number of carbonyl (C=O) groups is 1. The number of amides is 1. The van der Waals surface area contributed by atoms with Gasteiger partial charge in [0.2, 0.25) is 10.0 Å². The van der Waals surface area contributed by atoms with E-state index in [4.69, 9.17) is 9.47 Å². The maximum atomic E-state index is 13.1. The molecular weight excluding hydrogens is 418 g/mol. The van der Waals surface area contributed by atoms with Gasteiger partial charge in [0, 0.05) is 50.7 Å². The van der Waals surface area contributed by atoms with Gasteiger partial charge in [0.1, 0.15) is 5.75 Å². The maximum absolute atomic E-state index is 13.1. The second kappa shape index (κ2) is 9.44. The fraction of sp³-hybridized carbons (Fsp3) is 0.682. The van der Waals surface area contributed by atoms with Crippen molar-refractivity contribution in [2.75, 3.05) is 52.5 Å². The van der Waals surface area contributed by atoms with Crippen molar-refractivity contribution in [2.24, 2.45) is 5.92 Å². The van der Waals surface area contributed by atoms with E-state index in [0.717, 1.165) is 51.3 Å². The molecule has 3 aliphatic heterocycles. The summed E-state index contributed by atoms with van der Waals surface area (Å²) in [6.45, 7) is 9.73. The Balaban J connectivity index is 1.38. The number of morpholine rings is 1. The van der Waals surface area contributed by atoms with Gasteiger partial charge < -0.3 is 14.8 Å². The van der Waals surface area contributed by atoms with Gasteiger partial charge in [-0.3, -0.25) is 9.69 Å². The van der Waals surface area contributed by atoms with Crippen LogP contribution in [0.4, 0.5) is 0 Å². The minimum atomic E-state index is -3.53. The van der Waals surface area contributed by atoms with Gasteiger partial charge in [-0.25, -0.2) is 8.42 Å². The zero-order chi connectivity index (χ0) is 22.0. The van der Waals surface area contributed by atoms with Gasteiger partial charge in [-0.05, 0) is 37.0 Å². The number of nitrogens with one attached hydrogen (secondary N) is 1. The minimum Gasteiger partial charge on any atom is -0.480 e. The quantitative estimate of drug-likeness (QED) is 0.704. The minimum absolute atomic E-state index is 0.161. The lowest BCUT2D eigenvalue weighted by Gasteiger charge is -2.29. The summed E-state index contributed by atoms with van der Waals surface area (Å²) in [6.07, 6.45) is 1.13. The first-order valence-corrected chi connectivity index (χ1v) is 12.7. The number of rotatable bonds is 6. The summed E-state index contributed by atoms with van der Waals surface area (Å²) in [5.41, 5.74) is 0.778. The number of ether oxygens (including phenoxy) is 2. The average molecular weight is 452 g/mol. The molecule has 0 radical (unpaired) electrons. The van der Waals surface area contributed by atoms with E-state index in [1.807, 2.05) is 6.92 Å². The van der Waals surface area contributed by atoms with Crippen LogP contribution < -0.4 is 10.1 Å². The Morgan fingerprint density at radius 3 is 2.55 bits per heavy atom. The number of hydrogen-bond donors (Lipinski definition) is 1. The van der Waals surface area contributed by atoms with Crippen LogP contribution in [0.15, 0.2) is 23.1 Å². The molecule has 2 saturated heterocycles. The topological polar surface area (TPSA) is 88.2 Å². The summed E-state index contributed by atoms with van der Waals surface area (Å²) in [4.78, 5) is 15.3. The van der Waals surface area contributed by atoms with E-state index >= 15 is 0 Å². The highest BCUT2D eigenvalue weighted by Crippen LogP contribution is 2.40. The summed E-state index contributed by atoms with van der Waals surface area (Å²) in [5, 5.41) is 2.96. The van der Waals surface area contributed by atoms with Gasteiger partial charge >= 0.3 is 0 Å². The van der Waals surface area contributed by atoms with Gasteiger partial charge in [-0.1, -0.05) is 13.8 Å². The molecule has 4 rings (SSSR count). The predicted octanol–water partition coefficient (Wildman–Crippen LogP) is 1.42. The van der Waals surface area contributed by atoms with Crippen LogP contribution in [-0.4, -0.2) is 82.1 Å². The fourth-order valence-electron chi connectivity index (χ4n) is 4.47.